The molecule has 1 aromatic rings. The summed E-state index contributed by atoms with van der Waals surface area (Å²) in [6, 6.07) is 8.94. The van der Waals surface area contributed by atoms with Crippen LogP contribution in [0.4, 0.5) is 0 Å². The number of hydrogen-bond donors (Lipinski definition) is 2. The zero-order valence-corrected chi connectivity index (χ0v) is 14.4. The van der Waals surface area contributed by atoms with Gasteiger partial charge in [-0.3, -0.25) is 4.90 Å². The number of carboxylic acid groups (broad SMARTS) is 1. The van der Waals surface area contributed by atoms with Gasteiger partial charge in [0.25, 0.3) is 0 Å². The van der Waals surface area contributed by atoms with Crippen molar-refractivity contribution in [1.29, 1.82) is 0 Å². The monoisotopic (exact) mass is 364 g/mol. The zero-order chi connectivity index (χ0) is 18.1. The lowest BCUT2D eigenvalue weighted by Gasteiger charge is -2.41. The van der Waals surface area contributed by atoms with Crippen LogP contribution in [0.25, 0.3) is 0 Å². The topological polar surface area (TPSA) is 110 Å². The summed E-state index contributed by atoms with van der Waals surface area (Å²) in [7, 11) is -4.07. The van der Waals surface area contributed by atoms with Crippen molar-refractivity contribution in [3.8, 4) is 5.75 Å². The maximum absolute atomic E-state index is 11.9. The van der Waals surface area contributed by atoms with Crippen LogP contribution in [0.1, 0.15) is 19.3 Å². The lowest BCUT2D eigenvalue weighted by molar-refractivity contribution is -0.134. The van der Waals surface area contributed by atoms with Gasteiger partial charge in [0.1, 0.15) is 5.75 Å². The standard InChI is InChI=1S/C17H20N2O5S/c18-25(22,23)15-10-13(16(20)21)11-17(12-15,19-8-4-5-9-19)24-14-6-2-1-3-7-14/h1-3,6-7,10,12H,4-5,8-9,11H2,(H,20,21)(H2,18,22,23). The van der Waals surface area contributed by atoms with Crippen LogP contribution in [0, 0.1) is 0 Å². The molecule has 1 aromatic carbocycles. The number of para-hydroxylation sites is 1. The predicted octanol–water partition coefficient (Wildman–Crippen LogP) is 1.44. The largest absolute Gasteiger partial charge is 0.478 e. The van der Waals surface area contributed by atoms with E-state index in [2.05, 4.69) is 0 Å². The first-order valence-corrected chi connectivity index (χ1v) is 9.53. The van der Waals surface area contributed by atoms with Crippen LogP contribution in [-0.4, -0.2) is 43.2 Å². The summed E-state index contributed by atoms with van der Waals surface area (Å²) in [5.74, 6) is -0.652. The highest BCUT2D eigenvalue weighted by Crippen LogP contribution is 2.37. The summed E-state index contributed by atoms with van der Waals surface area (Å²) in [4.78, 5) is 13.3. The van der Waals surface area contributed by atoms with Gasteiger partial charge in [0.2, 0.25) is 10.0 Å². The minimum absolute atomic E-state index is 0.0379. The fourth-order valence-electron chi connectivity index (χ4n) is 3.23. The van der Waals surface area contributed by atoms with E-state index in [9.17, 15) is 18.3 Å². The SMILES string of the molecule is NS(=O)(=O)C1=CC(Oc2ccccc2)(N2CCCC2)CC(C(=O)O)=C1. The van der Waals surface area contributed by atoms with Crippen molar-refractivity contribution in [2.24, 2.45) is 5.14 Å². The third-order valence-electron chi connectivity index (χ3n) is 4.41. The first kappa shape index (κ1) is 17.7. The third-order valence-corrected chi connectivity index (χ3v) is 5.30. The number of benzene rings is 1. The molecule has 0 bridgehead atoms. The van der Waals surface area contributed by atoms with Crippen LogP contribution in [0.15, 0.2) is 53.0 Å². The van der Waals surface area contributed by atoms with E-state index < -0.39 is 21.7 Å². The van der Waals surface area contributed by atoms with Crippen molar-refractivity contribution in [2.75, 3.05) is 13.1 Å². The molecule has 7 nitrogen and oxygen atoms in total. The summed E-state index contributed by atoms with van der Waals surface area (Å²) in [5.41, 5.74) is -1.24. The third kappa shape index (κ3) is 3.76. The zero-order valence-electron chi connectivity index (χ0n) is 13.6. The number of ether oxygens (including phenoxy) is 1. The first-order valence-electron chi connectivity index (χ1n) is 7.99. The fraction of sp³-hybridized carbons (Fsp3) is 0.353. The Balaban J connectivity index is 2.11. The molecular weight excluding hydrogens is 344 g/mol. The second-order valence-corrected chi connectivity index (χ2v) is 7.76. The molecule has 0 spiro atoms. The molecule has 0 saturated carbocycles. The number of nitrogens with two attached hydrogens (primary N) is 1. The molecule has 1 saturated heterocycles. The quantitative estimate of drug-likeness (QED) is 0.818. The Morgan fingerprint density at radius 2 is 1.84 bits per heavy atom. The van der Waals surface area contributed by atoms with Crippen molar-refractivity contribution in [3.05, 3.63) is 53.0 Å². The molecule has 3 rings (SSSR count). The smallest absolute Gasteiger partial charge is 0.331 e. The Morgan fingerprint density at radius 3 is 2.40 bits per heavy atom. The highest BCUT2D eigenvalue weighted by molar-refractivity contribution is 7.93. The second-order valence-electron chi connectivity index (χ2n) is 6.20. The molecule has 3 N–H and O–H groups in total. The van der Waals surface area contributed by atoms with Gasteiger partial charge in [-0.2, -0.15) is 0 Å². The van der Waals surface area contributed by atoms with Gasteiger partial charge in [-0.15, -0.1) is 0 Å². The molecule has 1 fully saturated rings. The van der Waals surface area contributed by atoms with Crippen LogP contribution in [-0.2, 0) is 14.8 Å². The Kier molecular flexibility index (Phi) is 4.68. The molecule has 1 aliphatic carbocycles. The Labute approximate surface area is 146 Å². The predicted molar refractivity (Wildman–Crippen MR) is 92.1 cm³/mol. The molecule has 0 amide bonds. The number of carboxylic acids is 1. The summed E-state index contributed by atoms with van der Waals surface area (Å²) in [6.45, 7) is 1.38. The van der Waals surface area contributed by atoms with Crippen LogP contribution < -0.4 is 9.88 Å². The van der Waals surface area contributed by atoms with E-state index in [4.69, 9.17) is 9.88 Å². The van der Waals surface area contributed by atoms with Crippen molar-refractivity contribution >= 4 is 16.0 Å². The molecule has 2 aliphatic rings. The van der Waals surface area contributed by atoms with E-state index in [-0.39, 0.29) is 16.9 Å². The van der Waals surface area contributed by atoms with Crippen molar-refractivity contribution in [2.45, 2.75) is 25.0 Å². The van der Waals surface area contributed by atoms with Gasteiger partial charge in [-0.25, -0.2) is 18.4 Å². The minimum atomic E-state index is -4.07. The van der Waals surface area contributed by atoms with Crippen LogP contribution in [0.3, 0.4) is 0 Å². The maximum Gasteiger partial charge on any atom is 0.331 e. The van der Waals surface area contributed by atoms with Gasteiger partial charge in [0, 0.05) is 25.1 Å². The lowest BCUT2D eigenvalue weighted by Crippen LogP contribution is -2.52. The Hall–Kier alpha value is -2.16. The fourth-order valence-corrected chi connectivity index (χ4v) is 3.89. The number of primary sulfonamides is 1. The molecule has 8 heteroatoms. The summed E-state index contributed by atoms with van der Waals surface area (Å²) in [6.07, 6.45) is 4.46. The maximum atomic E-state index is 11.9. The Bertz CT molecular complexity index is 826. The van der Waals surface area contributed by atoms with Crippen molar-refractivity contribution in [1.82, 2.24) is 4.90 Å². The van der Waals surface area contributed by atoms with Gasteiger partial charge in [0.15, 0.2) is 5.72 Å². The second kappa shape index (κ2) is 6.62. The number of likely N-dealkylation sites (tertiary alicyclic amines) is 1. The first-order chi connectivity index (χ1) is 11.8. The number of carbonyl (C=O) groups is 1. The minimum Gasteiger partial charge on any atom is -0.478 e. The van der Waals surface area contributed by atoms with Gasteiger partial charge in [-0.05, 0) is 37.1 Å². The van der Waals surface area contributed by atoms with Crippen molar-refractivity contribution in [3.63, 3.8) is 0 Å². The molecule has 134 valence electrons. The van der Waals surface area contributed by atoms with Gasteiger partial charge >= 0.3 is 5.97 Å². The number of nitrogens with zero attached hydrogens (tertiary/aromatic N) is 1. The highest BCUT2D eigenvalue weighted by Gasteiger charge is 2.44. The van der Waals surface area contributed by atoms with E-state index in [1.54, 1.807) is 24.3 Å². The summed E-state index contributed by atoms with van der Waals surface area (Å²) in [5, 5.41) is 14.7. The molecule has 1 aliphatic heterocycles. The lowest BCUT2D eigenvalue weighted by atomic mass is 9.95. The number of aliphatic carboxylic acids is 1. The number of hydrogen-bond acceptors (Lipinski definition) is 5. The average Bonchev–Trinajstić information content (AvgIpc) is 3.10. The number of rotatable bonds is 5. The molecule has 25 heavy (non-hydrogen) atoms. The van der Waals surface area contributed by atoms with Crippen LogP contribution in [0.5, 0.6) is 5.75 Å². The Morgan fingerprint density at radius 1 is 1.20 bits per heavy atom. The normalized spacial score (nSPS) is 24.5. The van der Waals surface area contributed by atoms with Crippen LogP contribution in [0.2, 0.25) is 0 Å². The number of allylic oxidation sites excluding steroid dienone is 1. The summed E-state index contributed by atoms with van der Waals surface area (Å²) < 4.78 is 30.0. The van der Waals surface area contributed by atoms with E-state index in [1.165, 1.54) is 6.08 Å². The van der Waals surface area contributed by atoms with Gasteiger partial charge < -0.3 is 9.84 Å². The van der Waals surface area contributed by atoms with E-state index in [0.29, 0.717) is 18.8 Å². The van der Waals surface area contributed by atoms with E-state index >= 15 is 0 Å². The molecule has 0 aromatic heterocycles. The van der Waals surface area contributed by atoms with Crippen LogP contribution >= 0.6 is 0 Å². The van der Waals surface area contributed by atoms with Gasteiger partial charge in [-0.1, -0.05) is 18.2 Å². The molecular formula is C17H20N2O5S. The average molecular weight is 364 g/mol. The van der Waals surface area contributed by atoms with E-state index in [1.807, 2.05) is 11.0 Å². The molecule has 0 radical (unpaired) electrons. The molecule has 1 heterocycles. The molecule has 1 unspecified atom stereocenters. The summed E-state index contributed by atoms with van der Waals surface area (Å²) >= 11 is 0. The van der Waals surface area contributed by atoms with Gasteiger partial charge in [0.05, 0.1) is 4.91 Å². The van der Waals surface area contributed by atoms with Crippen molar-refractivity contribution < 1.29 is 23.1 Å². The highest BCUT2D eigenvalue weighted by atomic mass is 32.2. The van der Waals surface area contributed by atoms with E-state index in [0.717, 1.165) is 18.9 Å². The number of sulfonamides is 1. The molecule has 1 atom stereocenters.